The van der Waals surface area contributed by atoms with E-state index in [1.807, 2.05) is 0 Å². The van der Waals surface area contributed by atoms with Crippen LogP contribution in [0.5, 0.6) is 0 Å². The highest BCUT2D eigenvalue weighted by atomic mass is 15.1. The number of benzene rings is 10. The Hall–Kier alpha value is -8.00. The van der Waals surface area contributed by atoms with Crippen molar-refractivity contribution in [3.05, 3.63) is 292 Å². The van der Waals surface area contributed by atoms with Crippen LogP contribution in [-0.2, 0) is 10.8 Å². The van der Waals surface area contributed by atoms with Gasteiger partial charge in [-0.1, -0.05) is 200 Å². The molecule has 0 fully saturated rings. The summed E-state index contributed by atoms with van der Waals surface area (Å²) in [6.45, 7) is 4.58. The molecule has 10 aromatic rings. The fraction of sp³-hybridized carbons (Fsp3) is 0.0625. The maximum atomic E-state index is 2.56. The molecule has 0 atom stereocenters. The molecular formula is C64H45N. The van der Waals surface area contributed by atoms with E-state index in [9.17, 15) is 0 Å². The van der Waals surface area contributed by atoms with E-state index in [-0.39, 0.29) is 0 Å². The molecular weight excluding hydrogens is 783 g/mol. The molecule has 13 rings (SSSR count). The number of nitrogens with zero attached hydrogens (tertiary/aromatic N) is 1. The molecule has 65 heavy (non-hydrogen) atoms. The van der Waals surface area contributed by atoms with Gasteiger partial charge in [0.15, 0.2) is 0 Å². The van der Waals surface area contributed by atoms with Gasteiger partial charge in [0.1, 0.15) is 0 Å². The smallest absolute Gasteiger partial charge is 0.0726 e. The van der Waals surface area contributed by atoms with E-state index < -0.39 is 10.8 Å². The van der Waals surface area contributed by atoms with Gasteiger partial charge in [0, 0.05) is 11.4 Å². The molecule has 1 nitrogen and oxygen atoms in total. The first-order valence-electron chi connectivity index (χ1n) is 22.8. The molecule has 0 bridgehead atoms. The minimum absolute atomic E-state index is 0.461. The largest absolute Gasteiger partial charge is 0.310 e. The second kappa shape index (κ2) is 14.3. The highest BCUT2D eigenvalue weighted by Gasteiger charge is 2.52. The molecule has 3 aliphatic carbocycles. The minimum Gasteiger partial charge on any atom is -0.310 e. The molecule has 0 saturated heterocycles. The average molecular weight is 828 g/mol. The zero-order valence-corrected chi connectivity index (χ0v) is 36.5. The van der Waals surface area contributed by atoms with Gasteiger partial charge in [0.05, 0.1) is 16.5 Å². The van der Waals surface area contributed by atoms with Crippen LogP contribution >= 0.6 is 0 Å². The number of anilines is 3. The quantitative estimate of drug-likeness (QED) is 0.161. The van der Waals surface area contributed by atoms with Gasteiger partial charge >= 0.3 is 0 Å². The van der Waals surface area contributed by atoms with Gasteiger partial charge in [-0.25, -0.2) is 0 Å². The Morgan fingerprint density at radius 1 is 0.277 bits per heavy atom. The lowest BCUT2D eigenvalue weighted by molar-refractivity contribution is 0.768. The van der Waals surface area contributed by atoms with E-state index >= 15 is 0 Å². The summed E-state index contributed by atoms with van der Waals surface area (Å²) in [4.78, 5) is 2.56. The third-order valence-electron chi connectivity index (χ3n) is 14.8. The summed E-state index contributed by atoms with van der Waals surface area (Å²) in [6, 6.07) is 88.7. The van der Waals surface area contributed by atoms with Crippen LogP contribution in [0.2, 0.25) is 0 Å². The Balaban J connectivity index is 1.10. The Morgan fingerprint density at radius 3 is 1.05 bits per heavy atom. The SMILES string of the molecule is Cc1cc(-c2ccccc2)cc(C)c1N(c1ccc2c(c1)C(c1ccccc1)(c1ccccc1)c1ccccc1-2)c1ccc2c(c1)C1(c3ccccc3-c3ccccc31)c1ccccc1-2. The molecule has 10 aromatic carbocycles. The van der Waals surface area contributed by atoms with Gasteiger partial charge in [-0.3, -0.25) is 0 Å². The molecule has 0 aromatic heterocycles. The first-order chi connectivity index (χ1) is 32.1. The lowest BCUT2D eigenvalue weighted by Crippen LogP contribution is -2.28. The van der Waals surface area contributed by atoms with Crippen molar-refractivity contribution >= 4 is 17.1 Å². The van der Waals surface area contributed by atoms with Crippen LogP contribution in [0, 0.1) is 13.8 Å². The summed E-state index contributed by atoms with van der Waals surface area (Å²) in [7, 11) is 0. The molecule has 306 valence electrons. The van der Waals surface area contributed by atoms with Crippen molar-refractivity contribution in [2.24, 2.45) is 0 Å². The third kappa shape index (κ3) is 5.15. The molecule has 0 heterocycles. The predicted molar refractivity (Wildman–Crippen MR) is 270 cm³/mol. The molecule has 1 heteroatoms. The van der Waals surface area contributed by atoms with E-state index in [0.717, 1.165) is 11.4 Å². The van der Waals surface area contributed by atoms with Crippen molar-refractivity contribution in [2.45, 2.75) is 24.7 Å². The van der Waals surface area contributed by atoms with Crippen molar-refractivity contribution in [1.29, 1.82) is 0 Å². The zero-order chi connectivity index (χ0) is 43.3. The first-order valence-corrected chi connectivity index (χ1v) is 22.8. The van der Waals surface area contributed by atoms with Crippen molar-refractivity contribution in [2.75, 3.05) is 4.90 Å². The molecule has 0 radical (unpaired) electrons. The predicted octanol–water partition coefficient (Wildman–Crippen LogP) is 16.1. The van der Waals surface area contributed by atoms with Gasteiger partial charge < -0.3 is 4.90 Å². The monoisotopic (exact) mass is 827 g/mol. The fourth-order valence-corrected chi connectivity index (χ4v) is 12.3. The molecule has 0 N–H and O–H groups in total. The standard InChI is InChI=1S/C64H45N/c1-42-38-45(44-20-6-3-7-21-44)39-43(2)62(42)65(48-34-36-54-52-28-12-16-30-56(52)63(60(54)40-48,46-22-8-4-9-23-46)47-24-10-5-11-25-47)49-35-37-55-53-29-15-19-33-59(53)64(61(55)41-49)57-31-17-13-26-50(57)51-27-14-18-32-58(51)64/h3-41H,1-2H3. The number of aryl methyl sites for hydroxylation is 2. The molecule has 0 amide bonds. The summed E-state index contributed by atoms with van der Waals surface area (Å²) >= 11 is 0. The second-order valence-corrected chi connectivity index (χ2v) is 18.0. The van der Waals surface area contributed by atoms with Crippen LogP contribution in [0.4, 0.5) is 17.1 Å². The van der Waals surface area contributed by atoms with E-state index in [0.29, 0.717) is 0 Å². The average Bonchev–Trinajstić information content (AvgIpc) is 3.95. The molecule has 0 unspecified atom stereocenters. The Bertz CT molecular complexity index is 3280. The lowest BCUT2D eigenvalue weighted by Gasteiger charge is -2.36. The van der Waals surface area contributed by atoms with Crippen LogP contribution in [-0.4, -0.2) is 0 Å². The molecule has 0 aliphatic heterocycles. The first kappa shape index (κ1) is 37.5. The molecule has 1 spiro atoms. The third-order valence-corrected chi connectivity index (χ3v) is 14.8. The topological polar surface area (TPSA) is 3.24 Å². The van der Waals surface area contributed by atoms with Crippen LogP contribution in [0.15, 0.2) is 237 Å². The second-order valence-electron chi connectivity index (χ2n) is 18.0. The van der Waals surface area contributed by atoms with Gasteiger partial charge in [0.2, 0.25) is 0 Å². The summed E-state index contributed by atoms with van der Waals surface area (Å²) in [5, 5.41) is 0. The summed E-state index contributed by atoms with van der Waals surface area (Å²) in [6.07, 6.45) is 0. The van der Waals surface area contributed by atoms with Gasteiger partial charge in [-0.15, -0.1) is 0 Å². The van der Waals surface area contributed by atoms with Gasteiger partial charge in [-0.2, -0.15) is 0 Å². The van der Waals surface area contributed by atoms with E-state index in [1.54, 1.807) is 0 Å². The van der Waals surface area contributed by atoms with Crippen LogP contribution < -0.4 is 4.90 Å². The van der Waals surface area contributed by atoms with Crippen LogP contribution in [0.1, 0.15) is 55.6 Å². The Morgan fingerprint density at radius 2 is 0.615 bits per heavy atom. The van der Waals surface area contributed by atoms with Crippen LogP contribution in [0.3, 0.4) is 0 Å². The van der Waals surface area contributed by atoms with E-state index in [4.69, 9.17) is 0 Å². The van der Waals surface area contributed by atoms with E-state index in [1.165, 1.54) is 106 Å². The Kier molecular flexibility index (Phi) is 8.24. The van der Waals surface area contributed by atoms with Gasteiger partial charge in [0.25, 0.3) is 0 Å². The van der Waals surface area contributed by atoms with Crippen molar-refractivity contribution < 1.29 is 0 Å². The summed E-state index contributed by atoms with van der Waals surface area (Å²) in [5.41, 5.74) is 25.6. The fourth-order valence-electron chi connectivity index (χ4n) is 12.3. The van der Waals surface area contributed by atoms with Crippen LogP contribution in [0.25, 0.3) is 44.5 Å². The van der Waals surface area contributed by atoms with E-state index in [2.05, 4.69) is 255 Å². The lowest BCUT2D eigenvalue weighted by atomic mass is 9.67. The maximum absolute atomic E-state index is 2.56. The van der Waals surface area contributed by atoms with Crippen molar-refractivity contribution in [1.82, 2.24) is 0 Å². The summed E-state index contributed by atoms with van der Waals surface area (Å²) in [5.74, 6) is 0. The number of fused-ring (bicyclic) bond motifs is 13. The molecule has 3 aliphatic rings. The number of hydrogen-bond acceptors (Lipinski definition) is 1. The highest BCUT2D eigenvalue weighted by Crippen LogP contribution is 2.64. The maximum Gasteiger partial charge on any atom is 0.0726 e. The number of rotatable bonds is 6. The number of hydrogen-bond donors (Lipinski definition) is 0. The van der Waals surface area contributed by atoms with Crippen molar-refractivity contribution in [3.8, 4) is 44.5 Å². The Labute approximate surface area is 381 Å². The zero-order valence-electron chi connectivity index (χ0n) is 36.5. The normalized spacial score (nSPS) is 13.9. The molecule has 0 saturated carbocycles. The highest BCUT2D eigenvalue weighted by molar-refractivity contribution is 5.97. The minimum atomic E-state index is -0.529. The van der Waals surface area contributed by atoms with Crippen molar-refractivity contribution in [3.63, 3.8) is 0 Å². The van der Waals surface area contributed by atoms with Gasteiger partial charge in [-0.05, 0) is 150 Å². The summed E-state index contributed by atoms with van der Waals surface area (Å²) < 4.78 is 0.